The third-order valence-corrected chi connectivity index (χ3v) is 1.51. The van der Waals surface area contributed by atoms with E-state index < -0.39 is 0 Å². The molecular formula is C8H5NO2. The highest BCUT2D eigenvalue weighted by molar-refractivity contribution is 5.92. The monoisotopic (exact) mass is 147 g/mol. The Labute approximate surface area is 62.7 Å². The lowest BCUT2D eigenvalue weighted by Crippen LogP contribution is -1.78. The summed E-state index contributed by atoms with van der Waals surface area (Å²) in [5.41, 5.74) is 1.82. The van der Waals surface area contributed by atoms with Crippen LogP contribution in [0, 0.1) is 0 Å². The molecule has 2 rings (SSSR count). The second kappa shape index (κ2) is 2.20. The van der Waals surface area contributed by atoms with E-state index in [9.17, 15) is 4.79 Å². The van der Waals surface area contributed by atoms with Gasteiger partial charge in [-0.05, 0) is 12.1 Å². The van der Waals surface area contributed by atoms with E-state index in [0.29, 0.717) is 11.1 Å². The summed E-state index contributed by atoms with van der Waals surface area (Å²) in [6, 6.07) is 5.26. The maximum atomic E-state index is 10.4. The minimum absolute atomic E-state index is 0.542. The largest absolute Gasteiger partial charge is 0.443 e. The first kappa shape index (κ1) is 6.09. The van der Waals surface area contributed by atoms with Crippen molar-refractivity contribution in [2.75, 3.05) is 0 Å². The van der Waals surface area contributed by atoms with E-state index >= 15 is 0 Å². The number of aldehydes is 1. The lowest BCUT2D eigenvalue weighted by atomic mass is 10.2. The van der Waals surface area contributed by atoms with Crippen molar-refractivity contribution in [2.45, 2.75) is 0 Å². The molecule has 0 saturated carbocycles. The highest BCUT2D eigenvalue weighted by atomic mass is 16.3. The molecule has 1 aromatic carbocycles. The molecule has 0 saturated heterocycles. The quantitative estimate of drug-likeness (QED) is 0.576. The molecule has 1 heterocycles. The molecule has 0 atom stereocenters. The molecule has 0 spiro atoms. The van der Waals surface area contributed by atoms with Gasteiger partial charge < -0.3 is 4.42 Å². The molecule has 0 fully saturated rings. The van der Waals surface area contributed by atoms with Crippen molar-refractivity contribution in [1.29, 1.82) is 0 Å². The highest BCUT2D eigenvalue weighted by Gasteiger charge is 2.01. The first-order valence-corrected chi connectivity index (χ1v) is 3.19. The van der Waals surface area contributed by atoms with E-state index in [1.54, 1.807) is 18.2 Å². The third-order valence-electron chi connectivity index (χ3n) is 1.51. The smallest absolute Gasteiger partial charge is 0.182 e. The van der Waals surface area contributed by atoms with E-state index in [2.05, 4.69) is 4.98 Å². The Bertz CT molecular complexity index is 392. The number of aromatic nitrogens is 1. The van der Waals surface area contributed by atoms with Gasteiger partial charge in [0.05, 0.1) is 5.56 Å². The van der Waals surface area contributed by atoms with Crippen molar-refractivity contribution < 1.29 is 9.21 Å². The van der Waals surface area contributed by atoms with Gasteiger partial charge in [-0.1, -0.05) is 6.07 Å². The van der Waals surface area contributed by atoms with Crippen molar-refractivity contribution in [3.05, 3.63) is 30.2 Å². The lowest BCUT2D eigenvalue weighted by molar-refractivity contribution is 0.112. The number of carbonyl (C=O) groups excluding carboxylic acids is 1. The number of hydrogen-bond acceptors (Lipinski definition) is 3. The Morgan fingerprint density at radius 1 is 1.45 bits per heavy atom. The second-order valence-electron chi connectivity index (χ2n) is 2.17. The number of oxazole rings is 1. The molecule has 54 valence electrons. The summed E-state index contributed by atoms with van der Waals surface area (Å²) in [5.74, 6) is 0. The number of para-hydroxylation sites is 1. The molecule has 0 bridgehead atoms. The zero-order valence-corrected chi connectivity index (χ0v) is 5.65. The fraction of sp³-hybridized carbons (Fsp3) is 0. The Morgan fingerprint density at radius 2 is 2.36 bits per heavy atom. The van der Waals surface area contributed by atoms with Crippen LogP contribution in [0.5, 0.6) is 0 Å². The molecule has 0 aliphatic carbocycles. The van der Waals surface area contributed by atoms with Crippen LogP contribution in [-0.4, -0.2) is 11.3 Å². The van der Waals surface area contributed by atoms with Crippen LogP contribution in [-0.2, 0) is 0 Å². The predicted octanol–water partition coefficient (Wildman–Crippen LogP) is 1.64. The van der Waals surface area contributed by atoms with Crippen molar-refractivity contribution in [2.24, 2.45) is 0 Å². The molecule has 11 heavy (non-hydrogen) atoms. The second-order valence-corrected chi connectivity index (χ2v) is 2.17. The van der Waals surface area contributed by atoms with Gasteiger partial charge in [0.2, 0.25) is 0 Å². The molecule has 3 heteroatoms. The standard InChI is InChI=1S/C8H5NO2/c10-4-6-2-1-3-7-8(6)11-5-9-7/h1-5H. The average Bonchev–Trinajstić information content (AvgIpc) is 2.50. The first-order chi connectivity index (χ1) is 5.42. The molecule has 0 aliphatic heterocycles. The average molecular weight is 147 g/mol. The number of carbonyl (C=O) groups is 1. The topological polar surface area (TPSA) is 43.1 Å². The summed E-state index contributed by atoms with van der Waals surface area (Å²) in [7, 11) is 0. The van der Waals surface area contributed by atoms with E-state index in [4.69, 9.17) is 4.42 Å². The Morgan fingerprint density at radius 3 is 3.18 bits per heavy atom. The van der Waals surface area contributed by atoms with Gasteiger partial charge in [-0.3, -0.25) is 4.79 Å². The van der Waals surface area contributed by atoms with Crippen LogP contribution in [0.3, 0.4) is 0 Å². The van der Waals surface area contributed by atoms with Crippen LogP contribution in [0.1, 0.15) is 10.4 Å². The minimum Gasteiger partial charge on any atom is -0.443 e. The van der Waals surface area contributed by atoms with Gasteiger partial charge >= 0.3 is 0 Å². The van der Waals surface area contributed by atoms with Gasteiger partial charge in [0.15, 0.2) is 18.3 Å². The predicted molar refractivity (Wildman–Crippen MR) is 39.4 cm³/mol. The number of hydrogen-bond donors (Lipinski definition) is 0. The molecule has 0 radical (unpaired) electrons. The van der Waals surface area contributed by atoms with Crippen LogP contribution in [0.2, 0.25) is 0 Å². The summed E-state index contributed by atoms with van der Waals surface area (Å²) >= 11 is 0. The van der Waals surface area contributed by atoms with E-state index in [0.717, 1.165) is 11.8 Å². The number of fused-ring (bicyclic) bond motifs is 1. The van der Waals surface area contributed by atoms with Gasteiger partial charge in [0, 0.05) is 0 Å². The fourth-order valence-corrected chi connectivity index (χ4v) is 1.00. The van der Waals surface area contributed by atoms with Gasteiger partial charge in [0.1, 0.15) is 5.52 Å². The van der Waals surface area contributed by atoms with Crippen LogP contribution in [0.25, 0.3) is 11.1 Å². The summed E-state index contributed by atoms with van der Waals surface area (Å²) in [5, 5.41) is 0. The van der Waals surface area contributed by atoms with Crippen molar-refractivity contribution in [3.63, 3.8) is 0 Å². The van der Waals surface area contributed by atoms with Gasteiger partial charge in [0.25, 0.3) is 0 Å². The fourth-order valence-electron chi connectivity index (χ4n) is 1.00. The Balaban J connectivity index is 2.88. The lowest BCUT2D eigenvalue weighted by Gasteiger charge is -1.88. The van der Waals surface area contributed by atoms with Crippen LogP contribution >= 0.6 is 0 Å². The molecule has 0 unspecified atom stereocenters. The molecule has 0 N–H and O–H groups in total. The van der Waals surface area contributed by atoms with Gasteiger partial charge in [-0.2, -0.15) is 0 Å². The summed E-state index contributed by atoms with van der Waals surface area (Å²) in [4.78, 5) is 14.3. The molecule has 0 amide bonds. The Hall–Kier alpha value is -1.64. The van der Waals surface area contributed by atoms with Crippen molar-refractivity contribution >= 4 is 17.4 Å². The van der Waals surface area contributed by atoms with Gasteiger partial charge in [-0.15, -0.1) is 0 Å². The molecule has 2 aromatic rings. The SMILES string of the molecule is O=Cc1cccc2ncoc12. The molecule has 0 aliphatic rings. The van der Waals surface area contributed by atoms with E-state index in [1.807, 2.05) is 0 Å². The molecule has 1 aromatic heterocycles. The summed E-state index contributed by atoms with van der Waals surface area (Å²) < 4.78 is 5.00. The summed E-state index contributed by atoms with van der Waals surface area (Å²) in [6.07, 6.45) is 2.09. The number of benzene rings is 1. The zero-order chi connectivity index (χ0) is 7.68. The third kappa shape index (κ3) is 0.816. The van der Waals surface area contributed by atoms with Crippen LogP contribution in [0.4, 0.5) is 0 Å². The highest BCUT2D eigenvalue weighted by Crippen LogP contribution is 2.14. The summed E-state index contributed by atoms with van der Waals surface area (Å²) in [6.45, 7) is 0. The van der Waals surface area contributed by atoms with Crippen LogP contribution < -0.4 is 0 Å². The maximum Gasteiger partial charge on any atom is 0.182 e. The minimum atomic E-state index is 0.542. The molecular weight excluding hydrogens is 142 g/mol. The zero-order valence-electron chi connectivity index (χ0n) is 5.65. The first-order valence-electron chi connectivity index (χ1n) is 3.19. The van der Waals surface area contributed by atoms with E-state index in [-0.39, 0.29) is 0 Å². The maximum absolute atomic E-state index is 10.4. The Kier molecular flexibility index (Phi) is 1.22. The van der Waals surface area contributed by atoms with Crippen molar-refractivity contribution in [3.8, 4) is 0 Å². The normalized spacial score (nSPS) is 10.2. The molecule has 3 nitrogen and oxygen atoms in total. The van der Waals surface area contributed by atoms with Crippen molar-refractivity contribution in [1.82, 2.24) is 4.98 Å². The van der Waals surface area contributed by atoms with Crippen LogP contribution in [0.15, 0.2) is 29.0 Å². The number of rotatable bonds is 1. The number of nitrogens with zero attached hydrogens (tertiary/aromatic N) is 1. The van der Waals surface area contributed by atoms with Gasteiger partial charge in [-0.25, -0.2) is 4.98 Å². The van der Waals surface area contributed by atoms with E-state index in [1.165, 1.54) is 6.39 Å².